The molecule has 2 atom stereocenters. The Bertz CT molecular complexity index is 1840. The van der Waals surface area contributed by atoms with Crippen molar-refractivity contribution in [3.05, 3.63) is 150 Å². The minimum Gasteiger partial charge on any atom is -0.497 e. The molecule has 0 spiro atoms. The van der Waals surface area contributed by atoms with Crippen LogP contribution in [-0.2, 0) is 22.5 Å². The third-order valence-corrected chi connectivity index (χ3v) is 8.53. The molecule has 0 radical (unpaired) electrons. The third kappa shape index (κ3) is 7.77. The third-order valence-electron chi connectivity index (χ3n) is 8.53. The fourth-order valence-electron chi connectivity index (χ4n) is 5.97. The molecule has 0 saturated carbocycles. The number of carbonyl (C=O) groups is 1. The maximum absolute atomic E-state index is 14.7. The highest BCUT2D eigenvalue weighted by atomic mass is 16.5. The highest BCUT2D eigenvalue weighted by molar-refractivity contribution is 6.01. The van der Waals surface area contributed by atoms with Crippen LogP contribution in [0.2, 0.25) is 0 Å². The molecule has 1 aliphatic rings. The van der Waals surface area contributed by atoms with E-state index in [1.54, 1.807) is 20.3 Å². The van der Waals surface area contributed by atoms with E-state index in [4.69, 9.17) is 29.0 Å². The molecule has 2 N–H and O–H groups in total. The van der Waals surface area contributed by atoms with Gasteiger partial charge in [-0.3, -0.25) is 4.79 Å². The molecule has 49 heavy (non-hydrogen) atoms. The Kier molecular flexibility index (Phi) is 10.6. The Morgan fingerprint density at radius 2 is 1.37 bits per heavy atom. The summed E-state index contributed by atoms with van der Waals surface area (Å²) >= 11 is 0. The number of nitrogens with zero attached hydrogens (tertiary/aromatic N) is 1. The highest BCUT2D eigenvalue weighted by Crippen LogP contribution is 2.43. The van der Waals surface area contributed by atoms with Crippen LogP contribution in [0.1, 0.15) is 34.8 Å². The molecule has 0 saturated heterocycles. The van der Waals surface area contributed by atoms with Crippen LogP contribution in [-0.4, -0.2) is 49.9 Å². The van der Waals surface area contributed by atoms with Gasteiger partial charge in [-0.2, -0.15) is 0 Å². The molecule has 8 nitrogen and oxygen atoms in total. The largest absolute Gasteiger partial charge is 0.497 e. The molecule has 0 aromatic heterocycles. The molecule has 0 unspecified atom stereocenters. The van der Waals surface area contributed by atoms with Crippen molar-refractivity contribution in [3.63, 3.8) is 0 Å². The van der Waals surface area contributed by atoms with Crippen molar-refractivity contribution in [2.45, 2.75) is 31.0 Å². The molecule has 0 aliphatic carbocycles. The number of rotatable bonds is 14. The summed E-state index contributed by atoms with van der Waals surface area (Å²) in [6.45, 7) is 0.703. The van der Waals surface area contributed by atoms with E-state index in [0.29, 0.717) is 42.6 Å². The summed E-state index contributed by atoms with van der Waals surface area (Å²) in [6.07, 6.45) is 0.118. The molecule has 5 aromatic rings. The zero-order chi connectivity index (χ0) is 34.1. The van der Waals surface area contributed by atoms with Gasteiger partial charge in [0.15, 0.2) is 11.6 Å². The first-order valence-corrected chi connectivity index (χ1v) is 16.3. The van der Waals surface area contributed by atoms with E-state index in [1.807, 2.05) is 97.1 Å². The van der Waals surface area contributed by atoms with Crippen molar-refractivity contribution < 1.29 is 28.8 Å². The quantitative estimate of drug-likeness (QED) is 0.126. The Morgan fingerprint density at radius 3 is 2.00 bits per heavy atom. The van der Waals surface area contributed by atoms with Gasteiger partial charge in [-0.25, -0.2) is 4.99 Å². The van der Waals surface area contributed by atoms with Crippen molar-refractivity contribution in [1.82, 2.24) is 5.32 Å². The standard InChI is InChI=1S/C41H40N2O6/c1-46-36-24-30(25-37(26-36)47-2)28-42-40(45)41(27-29-10-5-3-6-11-29)38(33-16-14-32(15-17-33)31-12-7-4-8-13-31)49-39(43-41)34-18-20-35(21-19-34)48-23-9-22-44/h3-8,10-21,24-26,38,44H,9,22-23,27-28H2,1-2H3,(H,42,45)/t38-,41-/m1/s1. The monoisotopic (exact) mass is 656 g/mol. The first-order valence-electron chi connectivity index (χ1n) is 16.3. The van der Waals surface area contributed by atoms with Crippen LogP contribution >= 0.6 is 0 Å². The number of benzene rings is 5. The molecule has 1 amide bonds. The zero-order valence-electron chi connectivity index (χ0n) is 27.7. The second-order valence-corrected chi connectivity index (χ2v) is 11.8. The van der Waals surface area contributed by atoms with Gasteiger partial charge >= 0.3 is 0 Å². The second kappa shape index (κ2) is 15.5. The molecule has 8 heteroatoms. The van der Waals surface area contributed by atoms with Crippen LogP contribution in [0.15, 0.2) is 132 Å². The van der Waals surface area contributed by atoms with E-state index in [2.05, 4.69) is 29.6 Å². The predicted octanol–water partition coefficient (Wildman–Crippen LogP) is 6.95. The van der Waals surface area contributed by atoms with E-state index in [0.717, 1.165) is 33.4 Å². The average Bonchev–Trinajstić information content (AvgIpc) is 3.55. The number of carbonyl (C=O) groups excluding carboxylic acids is 1. The summed E-state index contributed by atoms with van der Waals surface area (Å²) in [5, 5.41) is 12.3. The molecule has 1 aliphatic heterocycles. The van der Waals surface area contributed by atoms with E-state index >= 15 is 0 Å². The minimum absolute atomic E-state index is 0.0629. The molecule has 0 fully saturated rings. The summed E-state index contributed by atoms with van der Waals surface area (Å²) < 4.78 is 23.4. The molecular weight excluding hydrogens is 616 g/mol. The number of hydrogen-bond donors (Lipinski definition) is 2. The number of methoxy groups -OCH3 is 2. The SMILES string of the molecule is COc1cc(CNC(=O)[C@]2(Cc3ccccc3)N=C(c3ccc(OCCCO)cc3)O[C@@H]2c2ccc(-c3ccccc3)cc2)cc(OC)c1. The number of ether oxygens (including phenoxy) is 4. The average molecular weight is 657 g/mol. The summed E-state index contributed by atoms with van der Waals surface area (Å²) in [5.74, 6) is 2.04. The highest BCUT2D eigenvalue weighted by Gasteiger charge is 2.53. The summed E-state index contributed by atoms with van der Waals surface area (Å²) in [6, 6.07) is 41.2. The smallest absolute Gasteiger partial charge is 0.252 e. The lowest BCUT2D eigenvalue weighted by Crippen LogP contribution is -2.49. The van der Waals surface area contributed by atoms with E-state index < -0.39 is 11.6 Å². The molecule has 6 rings (SSSR count). The number of aliphatic hydroxyl groups is 1. The van der Waals surface area contributed by atoms with Crippen LogP contribution in [0.3, 0.4) is 0 Å². The van der Waals surface area contributed by atoms with Crippen molar-refractivity contribution in [1.29, 1.82) is 0 Å². The van der Waals surface area contributed by atoms with Crippen molar-refractivity contribution in [3.8, 4) is 28.4 Å². The van der Waals surface area contributed by atoms with E-state index in [9.17, 15) is 4.79 Å². The molecular formula is C41H40N2O6. The van der Waals surface area contributed by atoms with Crippen LogP contribution in [0.4, 0.5) is 0 Å². The Balaban J connectivity index is 1.39. The number of nitrogens with one attached hydrogen (secondary N) is 1. The maximum Gasteiger partial charge on any atom is 0.252 e. The first kappa shape index (κ1) is 33.3. The van der Waals surface area contributed by atoms with Gasteiger partial charge in [-0.15, -0.1) is 0 Å². The molecule has 250 valence electrons. The van der Waals surface area contributed by atoms with Crippen LogP contribution in [0.25, 0.3) is 11.1 Å². The lowest BCUT2D eigenvalue weighted by atomic mass is 9.81. The van der Waals surface area contributed by atoms with Gasteiger partial charge in [-0.1, -0.05) is 84.9 Å². The lowest BCUT2D eigenvalue weighted by molar-refractivity contribution is -0.129. The number of amides is 1. The fourth-order valence-corrected chi connectivity index (χ4v) is 5.97. The summed E-state index contributed by atoms with van der Waals surface area (Å²) in [5.41, 5.74) is 4.14. The van der Waals surface area contributed by atoms with Crippen molar-refractivity contribution >= 4 is 11.8 Å². The van der Waals surface area contributed by atoms with Gasteiger partial charge in [0.25, 0.3) is 5.91 Å². The van der Waals surface area contributed by atoms with Gasteiger partial charge in [0, 0.05) is 37.6 Å². The van der Waals surface area contributed by atoms with Crippen LogP contribution < -0.4 is 19.5 Å². The Labute approximate surface area is 287 Å². The Morgan fingerprint density at radius 1 is 0.755 bits per heavy atom. The van der Waals surface area contributed by atoms with E-state index in [-0.39, 0.29) is 19.1 Å². The van der Waals surface area contributed by atoms with Crippen molar-refractivity contribution in [2.75, 3.05) is 27.4 Å². The Hall–Kier alpha value is -5.60. The number of aliphatic imine (C=N–C) groups is 1. The van der Waals surface area contributed by atoms with Crippen LogP contribution in [0, 0.1) is 0 Å². The van der Waals surface area contributed by atoms with Crippen molar-refractivity contribution in [2.24, 2.45) is 4.99 Å². The zero-order valence-corrected chi connectivity index (χ0v) is 27.7. The van der Waals surface area contributed by atoms with Gasteiger partial charge in [0.05, 0.1) is 20.8 Å². The maximum atomic E-state index is 14.7. The van der Waals surface area contributed by atoms with Crippen LogP contribution in [0.5, 0.6) is 17.2 Å². The molecule has 1 heterocycles. The van der Waals surface area contributed by atoms with Gasteiger partial charge in [0.1, 0.15) is 17.2 Å². The normalized spacial score (nSPS) is 16.7. The second-order valence-electron chi connectivity index (χ2n) is 11.8. The lowest BCUT2D eigenvalue weighted by Gasteiger charge is -2.31. The molecule has 5 aromatic carbocycles. The van der Waals surface area contributed by atoms with E-state index in [1.165, 1.54) is 0 Å². The first-order chi connectivity index (χ1) is 24.0. The summed E-state index contributed by atoms with van der Waals surface area (Å²) in [7, 11) is 3.19. The van der Waals surface area contributed by atoms with Gasteiger partial charge in [0.2, 0.25) is 5.90 Å². The predicted molar refractivity (Wildman–Crippen MR) is 190 cm³/mol. The fraction of sp³-hybridized carbons (Fsp3) is 0.220. The summed E-state index contributed by atoms with van der Waals surface area (Å²) in [4.78, 5) is 19.9. The number of hydrogen-bond acceptors (Lipinski definition) is 7. The topological polar surface area (TPSA) is 98.6 Å². The van der Waals surface area contributed by atoms with Gasteiger partial charge in [-0.05, 0) is 64.2 Å². The number of aliphatic hydroxyl groups excluding tert-OH is 1. The van der Waals surface area contributed by atoms with Gasteiger partial charge < -0.3 is 29.4 Å². The minimum atomic E-state index is -1.34. The molecule has 0 bridgehead atoms.